The normalized spacial score (nSPS) is 11.9. The monoisotopic (exact) mass is 188 g/mol. The maximum Gasteiger partial charge on any atom is 0.0689 e. The first-order chi connectivity index (χ1) is 6.56. The molecule has 1 heterocycles. The molecule has 1 aromatic carbocycles. The molecular formula is C12H16N2. The molecule has 2 aromatic rings. The molecule has 0 saturated carbocycles. The first-order valence-corrected chi connectivity index (χ1v) is 4.90. The fourth-order valence-electron chi connectivity index (χ4n) is 1.59. The average molecular weight is 188 g/mol. The van der Waals surface area contributed by atoms with E-state index in [-0.39, 0.29) is 5.54 Å². The number of fused-ring (bicyclic) bond motifs is 1. The van der Waals surface area contributed by atoms with Crippen LogP contribution in [-0.2, 0) is 0 Å². The first-order valence-electron chi connectivity index (χ1n) is 4.90. The topological polar surface area (TPSA) is 27.8 Å². The Kier molecular flexibility index (Phi) is 1.99. The van der Waals surface area contributed by atoms with Crippen molar-refractivity contribution in [2.75, 3.05) is 5.32 Å². The second-order valence-electron chi connectivity index (χ2n) is 4.62. The van der Waals surface area contributed by atoms with Gasteiger partial charge in [0.05, 0.1) is 11.2 Å². The Morgan fingerprint density at radius 3 is 2.64 bits per heavy atom. The van der Waals surface area contributed by atoms with E-state index in [0.717, 1.165) is 0 Å². The molecule has 0 aliphatic heterocycles. The van der Waals surface area contributed by atoms with Crippen LogP contribution in [0.25, 0.3) is 10.9 Å². The third kappa shape index (κ3) is 1.74. The Hall–Kier alpha value is -1.44. The van der Waals surface area contributed by atoms with E-state index in [1.54, 1.807) is 0 Å². The van der Waals surface area contributed by atoms with Crippen LogP contribution in [0.1, 0.15) is 20.8 Å². The lowest BCUT2D eigenvalue weighted by Gasteiger charge is -2.22. The van der Waals surface area contributed by atoms with Crippen LogP contribution >= 0.6 is 0 Å². The summed E-state index contributed by atoms with van der Waals surface area (Å²) in [7, 11) is 0. The molecule has 74 valence electrons. The van der Waals surface area contributed by atoms with Gasteiger partial charge < -0.3 is 10.3 Å². The minimum absolute atomic E-state index is 0.0966. The highest BCUT2D eigenvalue weighted by atomic mass is 15.0. The molecule has 2 nitrogen and oxygen atoms in total. The molecule has 0 fully saturated rings. The second-order valence-corrected chi connectivity index (χ2v) is 4.62. The zero-order valence-corrected chi connectivity index (χ0v) is 8.89. The van der Waals surface area contributed by atoms with Crippen LogP contribution in [0, 0.1) is 0 Å². The Balaban J connectivity index is 2.46. The molecule has 0 bridgehead atoms. The van der Waals surface area contributed by atoms with Crippen LogP contribution < -0.4 is 5.32 Å². The van der Waals surface area contributed by atoms with Gasteiger partial charge in [0.2, 0.25) is 0 Å². The number of rotatable bonds is 1. The zero-order chi connectivity index (χ0) is 10.2. The van der Waals surface area contributed by atoms with Crippen LogP contribution in [-0.4, -0.2) is 10.5 Å². The van der Waals surface area contributed by atoms with Gasteiger partial charge in [0, 0.05) is 17.1 Å². The Morgan fingerprint density at radius 1 is 1.14 bits per heavy atom. The summed E-state index contributed by atoms with van der Waals surface area (Å²) in [6.45, 7) is 6.48. The predicted octanol–water partition coefficient (Wildman–Crippen LogP) is 3.38. The third-order valence-electron chi connectivity index (χ3n) is 2.10. The number of benzene rings is 1. The molecule has 1 aromatic heterocycles. The van der Waals surface area contributed by atoms with Crippen molar-refractivity contribution in [3.05, 3.63) is 30.5 Å². The standard InChI is InChI=1S/C12H16N2/c1-12(2,3)14-10-6-4-5-9-7-8-13-11(9)10/h4-8,13-14H,1-3H3. The molecule has 14 heavy (non-hydrogen) atoms. The molecule has 0 amide bonds. The molecule has 0 aliphatic rings. The number of nitrogens with one attached hydrogen (secondary N) is 2. The van der Waals surface area contributed by atoms with Gasteiger partial charge in [-0.15, -0.1) is 0 Å². The number of hydrogen-bond donors (Lipinski definition) is 2. The van der Waals surface area contributed by atoms with Gasteiger partial charge in [-0.1, -0.05) is 12.1 Å². The van der Waals surface area contributed by atoms with E-state index in [0.29, 0.717) is 0 Å². The van der Waals surface area contributed by atoms with Gasteiger partial charge in [0.25, 0.3) is 0 Å². The molecular weight excluding hydrogens is 172 g/mol. The van der Waals surface area contributed by atoms with Crippen molar-refractivity contribution in [3.63, 3.8) is 0 Å². The van der Waals surface area contributed by atoms with E-state index >= 15 is 0 Å². The van der Waals surface area contributed by atoms with Gasteiger partial charge in [0.15, 0.2) is 0 Å². The van der Waals surface area contributed by atoms with Crippen LogP contribution in [0.4, 0.5) is 5.69 Å². The van der Waals surface area contributed by atoms with Crippen molar-refractivity contribution in [1.29, 1.82) is 0 Å². The van der Waals surface area contributed by atoms with Crippen molar-refractivity contribution >= 4 is 16.6 Å². The van der Waals surface area contributed by atoms with Gasteiger partial charge in [-0.3, -0.25) is 0 Å². The highest BCUT2D eigenvalue weighted by Gasteiger charge is 2.11. The summed E-state index contributed by atoms with van der Waals surface area (Å²) in [5, 5.41) is 4.73. The molecule has 2 N–H and O–H groups in total. The summed E-state index contributed by atoms with van der Waals surface area (Å²) in [4.78, 5) is 3.25. The lowest BCUT2D eigenvalue weighted by atomic mass is 10.1. The summed E-state index contributed by atoms with van der Waals surface area (Å²) in [6, 6.07) is 8.37. The number of hydrogen-bond acceptors (Lipinski definition) is 1. The number of para-hydroxylation sites is 1. The van der Waals surface area contributed by atoms with Crippen LogP contribution in [0.2, 0.25) is 0 Å². The summed E-state index contributed by atoms with van der Waals surface area (Å²) in [5.74, 6) is 0. The van der Waals surface area contributed by atoms with Crippen molar-refractivity contribution in [1.82, 2.24) is 4.98 Å². The molecule has 2 heteroatoms. The highest BCUT2D eigenvalue weighted by molar-refractivity contribution is 5.91. The summed E-state index contributed by atoms with van der Waals surface area (Å²) in [5.41, 5.74) is 2.45. The fourth-order valence-corrected chi connectivity index (χ4v) is 1.59. The maximum absolute atomic E-state index is 3.48. The third-order valence-corrected chi connectivity index (χ3v) is 2.10. The van der Waals surface area contributed by atoms with Gasteiger partial charge in [-0.2, -0.15) is 0 Å². The van der Waals surface area contributed by atoms with Crippen molar-refractivity contribution in [2.45, 2.75) is 26.3 Å². The number of anilines is 1. The number of aromatic amines is 1. The van der Waals surface area contributed by atoms with E-state index in [4.69, 9.17) is 0 Å². The van der Waals surface area contributed by atoms with E-state index in [2.05, 4.69) is 55.3 Å². The summed E-state index contributed by atoms with van der Waals surface area (Å²) < 4.78 is 0. The first kappa shape index (κ1) is 9.13. The van der Waals surface area contributed by atoms with E-state index in [9.17, 15) is 0 Å². The largest absolute Gasteiger partial charge is 0.379 e. The fraction of sp³-hybridized carbons (Fsp3) is 0.333. The Labute approximate surface area is 84.3 Å². The van der Waals surface area contributed by atoms with Gasteiger partial charge in [0.1, 0.15) is 0 Å². The van der Waals surface area contributed by atoms with Gasteiger partial charge >= 0.3 is 0 Å². The minimum atomic E-state index is 0.0966. The average Bonchev–Trinajstić information content (AvgIpc) is 2.49. The Bertz CT molecular complexity index is 435. The number of H-pyrrole nitrogens is 1. The quantitative estimate of drug-likeness (QED) is 0.705. The smallest absolute Gasteiger partial charge is 0.0689 e. The van der Waals surface area contributed by atoms with Gasteiger partial charge in [-0.25, -0.2) is 0 Å². The molecule has 0 spiro atoms. The van der Waals surface area contributed by atoms with Crippen LogP contribution in [0.3, 0.4) is 0 Å². The second kappa shape index (κ2) is 3.05. The molecule has 2 rings (SSSR count). The van der Waals surface area contributed by atoms with E-state index in [1.807, 2.05) is 6.20 Å². The molecule has 0 atom stereocenters. The Morgan fingerprint density at radius 2 is 1.93 bits per heavy atom. The van der Waals surface area contributed by atoms with Gasteiger partial charge in [-0.05, 0) is 32.9 Å². The van der Waals surface area contributed by atoms with E-state index < -0.39 is 0 Å². The zero-order valence-electron chi connectivity index (χ0n) is 8.89. The molecule has 0 unspecified atom stereocenters. The highest BCUT2D eigenvalue weighted by Crippen LogP contribution is 2.24. The summed E-state index contributed by atoms with van der Waals surface area (Å²) >= 11 is 0. The van der Waals surface area contributed by atoms with E-state index in [1.165, 1.54) is 16.6 Å². The minimum Gasteiger partial charge on any atom is -0.379 e. The van der Waals surface area contributed by atoms with Crippen molar-refractivity contribution in [3.8, 4) is 0 Å². The predicted molar refractivity (Wildman–Crippen MR) is 61.7 cm³/mol. The van der Waals surface area contributed by atoms with Crippen molar-refractivity contribution in [2.24, 2.45) is 0 Å². The van der Waals surface area contributed by atoms with Crippen molar-refractivity contribution < 1.29 is 0 Å². The van der Waals surface area contributed by atoms with Crippen LogP contribution in [0.5, 0.6) is 0 Å². The molecule has 0 radical (unpaired) electrons. The molecule has 0 saturated heterocycles. The lowest BCUT2D eigenvalue weighted by Crippen LogP contribution is -2.26. The number of aromatic nitrogens is 1. The SMILES string of the molecule is CC(C)(C)Nc1cccc2cc[nH]c12. The summed E-state index contributed by atoms with van der Waals surface area (Å²) in [6.07, 6.45) is 1.97. The molecule has 0 aliphatic carbocycles. The maximum atomic E-state index is 3.48. The van der Waals surface area contributed by atoms with Crippen LogP contribution in [0.15, 0.2) is 30.5 Å². The lowest BCUT2D eigenvalue weighted by molar-refractivity contribution is 0.635.